The Labute approximate surface area is 94.9 Å². The summed E-state index contributed by atoms with van der Waals surface area (Å²) in [5.74, 6) is 1.17. The molecule has 0 radical (unpaired) electrons. The van der Waals surface area contributed by atoms with E-state index in [1.807, 2.05) is 0 Å². The normalized spacial score (nSPS) is 10.2. The number of hydrogen-bond donors (Lipinski definition) is 0. The van der Waals surface area contributed by atoms with Crippen LogP contribution in [-0.4, -0.2) is 4.98 Å². The summed E-state index contributed by atoms with van der Waals surface area (Å²) in [6, 6.07) is 0. The van der Waals surface area contributed by atoms with Gasteiger partial charge in [0.2, 0.25) is 0 Å². The summed E-state index contributed by atoms with van der Waals surface area (Å²) in [5.41, 5.74) is 1.02. The molecule has 0 aliphatic rings. The van der Waals surface area contributed by atoms with Gasteiger partial charge >= 0.3 is 0 Å². The van der Waals surface area contributed by atoms with Crippen LogP contribution in [0, 0.1) is 0 Å². The van der Waals surface area contributed by atoms with Gasteiger partial charge < -0.3 is 0 Å². The molecular weight excluding hydrogens is 225 g/mol. The fourth-order valence-corrected chi connectivity index (χ4v) is 2.53. The molecule has 0 atom stereocenters. The van der Waals surface area contributed by atoms with Crippen LogP contribution in [0.1, 0.15) is 43.3 Å². The quantitative estimate of drug-likeness (QED) is 0.718. The zero-order valence-electron chi connectivity index (χ0n) is 7.92. The number of nitrogens with zero attached hydrogens (tertiary/aromatic N) is 1. The van der Waals surface area contributed by atoms with Crippen LogP contribution in [0.5, 0.6) is 0 Å². The third kappa shape index (κ3) is 3.45. The van der Waals surface area contributed by atoms with Crippen LogP contribution in [0.4, 0.5) is 0 Å². The van der Waals surface area contributed by atoms with Gasteiger partial charge in [0.15, 0.2) is 0 Å². The Morgan fingerprint density at radius 1 is 1.46 bits per heavy atom. The van der Waals surface area contributed by atoms with E-state index >= 15 is 0 Å². The van der Waals surface area contributed by atoms with E-state index < -0.39 is 0 Å². The third-order valence-corrected chi connectivity index (χ3v) is 3.37. The second-order valence-electron chi connectivity index (χ2n) is 2.82. The van der Waals surface area contributed by atoms with E-state index in [1.54, 1.807) is 11.3 Å². The van der Waals surface area contributed by atoms with Gasteiger partial charge in [0, 0.05) is 11.3 Å². The van der Waals surface area contributed by atoms with E-state index in [4.69, 9.17) is 11.6 Å². The molecule has 0 bridgehead atoms. The summed E-state index contributed by atoms with van der Waals surface area (Å²) in [5, 5.41) is 3.30. The third-order valence-electron chi connectivity index (χ3n) is 2.04. The summed E-state index contributed by atoms with van der Waals surface area (Å²) in [7, 11) is 0. The van der Waals surface area contributed by atoms with E-state index in [2.05, 4.69) is 24.2 Å². The standard InChI is InChI=1S/C9H14ClNS.ClH/c1-3-7(4-2)9-11-8(5-10)6-12-9;/h6-7H,3-5H2,1-2H3;1H. The molecule has 0 fully saturated rings. The van der Waals surface area contributed by atoms with Gasteiger partial charge in [-0.05, 0) is 12.8 Å². The molecule has 1 nitrogen and oxygen atoms in total. The molecule has 0 saturated carbocycles. The Hall–Kier alpha value is 0.210. The molecule has 0 aliphatic heterocycles. The lowest BCUT2D eigenvalue weighted by atomic mass is 10.1. The van der Waals surface area contributed by atoms with Crippen LogP contribution in [-0.2, 0) is 5.88 Å². The number of hydrogen-bond acceptors (Lipinski definition) is 2. The first-order valence-electron chi connectivity index (χ1n) is 4.32. The van der Waals surface area contributed by atoms with Gasteiger partial charge in [-0.3, -0.25) is 0 Å². The zero-order chi connectivity index (χ0) is 8.97. The topological polar surface area (TPSA) is 12.9 Å². The Balaban J connectivity index is 0.00000144. The molecule has 1 heterocycles. The molecule has 1 aromatic rings. The highest BCUT2D eigenvalue weighted by molar-refractivity contribution is 7.09. The minimum Gasteiger partial charge on any atom is -0.245 e. The van der Waals surface area contributed by atoms with E-state index in [1.165, 1.54) is 17.8 Å². The Kier molecular flexibility index (Phi) is 6.74. The molecule has 0 aromatic carbocycles. The molecule has 1 rings (SSSR count). The van der Waals surface area contributed by atoms with Crippen LogP contribution in [0.15, 0.2) is 5.38 Å². The number of halogens is 2. The average molecular weight is 240 g/mol. The van der Waals surface area contributed by atoms with Crippen molar-refractivity contribution in [2.24, 2.45) is 0 Å². The van der Waals surface area contributed by atoms with Gasteiger partial charge in [-0.15, -0.1) is 35.3 Å². The van der Waals surface area contributed by atoms with Crippen molar-refractivity contribution in [1.82, 2.24) is 4.98 Å². The van der Waals surface area contributed by atoms with Crippen LogP contribution < -0.4 is 0 Å². The van der Waals surface area contributed by atoms with Crippen LogP contribution in [0.25, 0.3) is 0 Å². The molecule has 0 saturated heterocycles. The van der Waals surface area contributed by atoms with E-state index in [-0.39, 0.29) is 12.4 Å². The summed E-state index contributed by atoms with van der Waals surface area (Å²) in [6.07, 6.45) is 2.34. The highest BCUT2D eigenvalue weighted by Crippen LogP contribution is 2.26. The lowest BCUT2D eigenvalue weighted by Crippen LogP contribution is -1.94. The molecule has 13 heavy (non-hydrogen) atoms. The lowest BCUT2D eigenvalue weighted by Gasteiger charge is -2.06. The molecule has 4 heteroatoms. The molecular formula is C9H15Cl2NS. The molecule has 0 amide bonds. The van der Waals surface area contributed by atoms with Gasteiger partial charge in [0.25, 0.3) is 0 Å². The molecule has 1 aromatic heterocycles. The van der Waals surface area contributed by atoms with Crippen molar-refractivity contribution in [2.75, 3.05) is 0 Å². The Bertz CT molecular complexity index is 233. The van der Waals surface area contributed by atoms with Crippen molar-refractivity contribution < 1.29 is 0 Å². The summed E-state index contributed by atoms with van der Waals surface area (Å²) in [6.45, 7) is 4.41. The summed E-state index contributed by atoms with van der Waals surface area (Å²) in [4.78, 5) is 4.46. The minimum absolute atomic E-state index is 0. The summed E-state index contributed by atoms with van der Waals surface area (Å²) < 4.78 is 0. The van der Waals surface area contributed by atoms with Crippen molar-refractivity contribution in [3.63, 3.8) is 0 Å². The second kappa shape index (κ2) is 6.63. The van der Waals surface area contributed by atoms with Crippen molar-refractivity contribution in [3.05, 3.63) is 16.1 Å². The zero-order valence-corrected chi connectivity index (χ0v) is 10.3. The first-order valence-corrected chi connectivity index (χ1v) is 5.73. The fraction of sp³-hybridized carbons (Fsp3) is 0.667. The first-order chi connectivity index (χ1) is 5.81. The number of alkyl halides is 1. The van der Waals surface area contributed by atoms with Crippen LogP contribution in [0.3, 0.4) is 0 Å². The molecule has 0 unspecified atom stereocenters. The van der Waals surface area contributed by atoms with E-state index in [0.29, 0.717) is 11.8 Å². The Morgan fingerprint density at radius 2 is 2.08 bits per heavy atom. The monoisotopic (exact) mass is 239 g/mol. The van der Waals surface area contributed by atoms with Crippen LogP contribution >= 0.6 is 35.3 Å². The molecule has 0 aliphatic carbocycles. The number of aromatic nitrogens is 1. The smallest absolute Gasteiger partial charge is 0.0959 e. The maximum Gasteiger partial charge on any atom is 0.0959 e. The van der Waals surface area contributed by atoms with Crippen molar-refractivity contribution in [3.8, 4) is 0 Å². The SMILES string of the molecule is CCC(CC)c1nc(CCl)cs1.Cl. The highest BCUT2D eigenvalue weighted by atomic mass is 35.5. The average Bonchev–Trinajstić information content (AvgIpc) is 2.55. The lowest BCUT2D eigenvalue weighted by molar-refractivity contribution is 0.636. The first kappa shape index (κ1) is 13.2. The van der Waals surface area contributed by atoms with Gasteiger partial charge in [-0.2, -0.15) is 0 Å². The largest absolute Gasteiger partial charge is 0.245 e. The van der Waals surface area contributed by atoms with Gasteiger partial charge in [0.1, 0.15) is 0 Å². The second-order valence-corrected chi connectivity index (χ2v) is 3.98. The number of thiazole rings is 1. The van der Waals surface area contributed by atoms with Crippen molar-refractivity contribution in [1.29, 1.82) is 0 Å². The van der Waals surface area contributed by atoms with E-state index in [9.17, 15) is 0 Å². The predicted molar refractivity (Wildman–Crippen MR) is 62.2 cm³/mol. The Morgan fingerprint density at radius 3 is 2.46 bits per heavy atom. The highest BCUT2D eigenvalue weighted by Gasteiger charge is 2.10. The molecule has 0 spiro atoms. The van der Waals surface area contributed by atoms with Crippen molar-refractivity contribution in [2.45, 2.75) is 38.5 Å². The predicted octanol–water partition coefficient (Wildman–Crippen LogP) is 4.21. The van der Waals surface area contributed by atoms with E-state index in [0.717, 1.165) is 5.69 Å². The fourth-order valence-electron chi connectivity index (χ4n) is 1.21. The minimum atomic E-state index is 0. The van der Waals surface area contributed by atoms with Crippen LogP contribution in [0.2, 0.25) is 0 Å². The summed E-state index contributed by atoms with van der Waals surface area (Å²) >= 11 is 7.41. The van der Waals surface area contributed by atoms with Gasteiger partial charge in [0.05, 0.1) is 16.6 Å². The molecule has 0 N–H and O–H groups in total. The molecule has 76 valence electrons. The van der Waals surface area contributed by atoms with Gasteiger partial charge in [-0.25, -0.2) is 4.98 Å². The van der Waals surface area contributed by atoms with Crippen molar-refractivity contribution >= 4 is 35.3 Å². The maximum atomic E-state index is 5.68. The maximum absolute atomic E-state index is 5.68. The van der Waals surface area contributed by atoms with Gasteiger partial charge in [-0.1, -0.05) is 13.8 Å². The number of rotatable bonds is 4.